The quantitative estimate of drug-likeness (QED) is 0.355. The van der Waals surface area contributed by atoms with Gasteiger partial charge in [-0.1, -0.05) is 23.8 Å². The summed E-state index contributed by atoms with van der Waals surface area (Å²) in [7, 11) is -2.55. The van der Waals surface area contributed by atoms with E-state index in [1.165, 1.54) is 36.8 Å². The average molecular weight is 522 g/mol. The minimum absolute atomic E-state index is 0.0237. The summed E-state index contributed by atoms with van der Waals surface area (Å²) in [4.78, 5) is 13.4. The Morgan fingerprint density at radius 2 is 1.97 bits per heavy atom. The number of carbonyl (C=O) groups excluding carboxylic acids is 1. The third-order valence-electron chi connectivity index (χ3n) is 4.24. The number of carbonyl (C=O) groups is 1. The van der Waals surface area contributed by atoms with Crippen LogP contribution in [0.5, 0.6) is 5.75 Å². The van der Waals surface area contributed by atoms with E-state index in [0.717, 1.165) is 14.7 Å². The van der Waals surface area contributed by atoms with Gasteiger partial charge in [0.1, 0.15) is 12.3 Å². The van der Waals surface area contributed by atoms with Crippen LogP contribution in [0.1, 0.15) is 10.4 Å². The van der Waals surface area contributed by atoms with E-state index in [9.17, 15) is 13.2 Å². The Labute approximate surface area is 193 Å². The van der Waals surface area contributed by atoms with Crippen molar-refractivity contribution in [1.29, 1.82) is 0 Å². The first-order valence-corrected chi connectivity index (χ1v) is 12.2. The van der Waals surface area contributed by atoms with E-state index in [2.05, 4.69) is 26.5 Å². The number of hydrazone groups is 1. The first kappa shape index (κ1) is 23.0. The van der Waals surface area contributed by atoms with E-state index in [0.29, 0.717) is 15.9 Å². The molecule has 0 aliphatic rings. The van der Waals surface area contributed by atoms with Gasteiger partial charge >= 0.3 is 0 Å². The molecule has 7 nitrogen and oxygen atoms in total. The first-order chi connectivity index (χ1) is 14.8. The number of benzene rings is 2. The van der Waals surface area contributed by atoms with Crippen LogP contribution in [0.4, 0.5) is 5.69 Å². The maximum Gasteiger partial charge on any atom is 0.264 e. The maximum atomic E-state index is 13.4. The van der Waals surface area contributed by atoms with Crippen LogP contribution < -0.4 is 14.5 Å². The molecule has 0 saturated heterocycles. The van der Waals surface area contributed by atoms with E-state index in [4.69, 9.17) is 4.74 Å². The highest BCUT2D eigenvalue weighted by Gasteiger charge is 2.28. The molecule has 1 amide bonds. The summed E-state index contributed by atoms with van der Waals surface area (Å²) in [5.74, 6) is -0.0639. The summed E-state index contributed by atoms with van der Waals surface area (Å²) >= 11 is 4.78. The number of anilines is 1. The fraction of sp³-hybridized carbons (Fsp3) is 0.143. The van der Waals surface area contributed by atoms with E-state index in [1.807, 2.05) is 24.4 Å². The fourth-order valence-electron chi connectivity index (χ4n) is 2.66. The van der Waals surface area contributed by atoms with E-state index in [1.54, 1.807) is 30.3 Å². The zero-order chi connectivity index (χ0) is 22.4. The number of nitrogens with zero attached hydrogens (tertiary/aromatic N) is 2. The lowest BCUT2D eigenvalue weighted by molar-refractivity contribution is -0.119. The van der Waals surface area contributed by atoms with Crippen molar-refractivity contribution in [1.82, 2.24) is 5.43 Å². The Kier molecular flexibility index (Phi) is 7.47. The molecular weight excluding hydrogens is 502 g/mol. The topological polar surface area (TPSA) is 88.1 Å². The highest BCUT2D eigenvalue weighted by molar-refractivity contribution is 9.10. The second-order valence-electron chi connectivity index (χ2n) is 6.45. The largest absolute Gasteiger partial charge is 0.496 e. The molecular formula is C21H20BrN3O4S2. The van der Waals surface area contributed by atoms with Crippen LogP contribution in [0, 0.1) is 6.92 Å². The molecule has 0 saturated carbocycles. The number of methoxy groups -OCH3 is 1. The number of rotatable bonds is 8. The van der Waals surface area contributed by atoms with Gasteiger partial charge in [0.15, 0.2) is 0 Å². The van der Waals surface area contributed by atoms with Crippen LogP contribution in [-0.4, -0.2) is 34.2 Å². The standard InChI is InChI=1S/C21H20BrN3O4S2/c1-15-5-7-16(8-6-15)25(14-21(26)24-23-13-17-4-3-11-30-17)31(27,28)18-9-10-20(29-2)19(22)12-18/h3-13H,14H2,1-2H3,(H,24,26)/b23-13-. The number of nitrogens with one attached hydrogen (secondary N) is 1. The third kappa shape index (κ3) is 5.72. The number of hydrogen-bond acceptors (Lipinski definition) is 6. The van der Waals surface area contributed by atoms with Crippen LogP contribution in [0.15, 0.2) is 74.4 Å². The van der Waals surface area contributed by atoms with Crippen molar-refractivity contribution >= 4 is 55.1 Å². The maximum absolute atomic E-state index is 13.4. The van der Waals surface area contributed by atoms with Crippen LogP contribution in [-0.2, 0) is 14.8 Å². The smallest absolute Gasteiger partial charge is 0.264 e. The van der Waals surface area contributed by atoms with Crippen molar-refractivity contribution < 1.29 is 17.9 Å². The highest BCUT2D eigenvalue weighted by Crippen LogP contribution is 2.30. The van der Waals surface area contributed by atoms with Gasteiger partial charge in [0.2, 0.25) is 0 Å². The van der Waals surface area contributed by atoms with Gasteiger partial charge < -0.3 is 4.74 Å². The molecule has 1 heterocycles. The Morgan fingerprint density at radius 1 is 1.23 bits per heavy atom. The lowest BCUT2D eigenvalue weighted by atomic mass is 10.2. The Hall–Kier alpha value is -2.69. The van der Waals surface area contributed by atoms with Gasteiger partial charge in [0, 0.05) is 4.88 Å². The summed E-state index contributed by atoms with van der Waals surface area (Å²) in [5, 5.41) is 5.80. The number of amides is 1. The molecule has 2 aromatic carbocycles. The molecule has 3 aromatic rings. The molecule has 1 N–H and O–H groups in total. The lowest BCUT2D eigenvalue weighted by Gasteiger charge is -2.24. The second-order valence-corrected chi connectivity index (χ2v) is 10.1. The number of sulfonamides is 1. The molecule has 31 heavy (non-hydrogen) atoms. The minimum atomic E-state index is -4.04. The molecule has 0 atom stereocenters. The van der Waals surface area contributed by atoms with Crippen molar-refractivity contribution in [2.24, 2.45) is 5.10 Å². The molecule has 1 aromatic heterocycles. The van der Waals surface area contributed by atoms with Gasteiger partial charge in [0.25, 0.3) is 15.9 Å². The zero-order valence-corrected chi connectivity index (χ0v) is 20.0. The van der Waals surface area contributed by atoms with E-state index in [-0.39, 0.29) is 4.90 Å². The number of ether oxygens (including phenoxy) is 1. The van der Waals surface area contributed by atoms with E-state index < -0.39 is 22.5 Å². The van der Waals surface area contributed by atoms with Crippen molar-refractivity contribution in [2.75, 3.05) is 18.0 Å². The van der Waals surface area contributed by atoms with Crippen LogP contribution in [0.2, 0.25) is 0 Å². The number of thiophene rings is 1. The molecule has 3 rings (SSSR count). The average Bonchev–Trinajstić information content (AvgIpc) is 3.26. The summed E-state index contributed by atoms with van der Waals surface area (Å²) in [6.07, 6.45) is 1.51. The monoisotopic (exact) mass is 521 g/mol. The van der Waals surface area contributed by atoms with Crippen LogP contribution in [0.3, 0.4) is 0 Å². The van der Waals surface area contributed by atoms with Crippen LogP contribution >= 0.6 is 27.3 Å². The highest BCUT2D eigenvalue weighted by atomic mass is 79.9. The lowest BCUT2D eigenvalue weighted by Crippen LogP contribution is -2.39. The third-order valence-corrected chi connectivity index (χ3v) is 7.44. The molecule has 0 bridgehead atoms. The summed E-state index contributed by atoms with van der Waals surface area (Å²) < 4.78 is 33.5. The summed E-state index contributed by atoms with van der Waals surface area (Å²) in [6, 6.07) is 15.0. The van der Waals surface area contributed by atoms with Gasteiger partial charge in [-0.25, -0.2) is 13.8 Å². The molecule has 0 radical (unpaired) electrons. The van der Waals surface area contributed by atoms with Gasteiger partial charge in [-0.05, 0) is 64.6 Å². The molecule has 0 unspecified atom stereocenters. The van der Waals surface area contributed by atoms with Crippen molar-refractivity contribution in [2.45, 2.75) is 11.8 Å². The second kappa shape index (κ2) is 10.1. The van der Waals surface area contributed by atoms with Crippen LogP contribution in [0.25, 0.3) is 0 Å². The fourth-order valence-corrected chi connectivity index (χ4v) is 5.38. The van der Waals surface area contributed by atoms with Crippen molar-refractivity contribution in [3.63, 3.8) is 0 Å². The Morgan fingerprint density at radius 3 is 2.58 bits per heavy atom. The molecule has 0 fully saturated rings. The van der Waals surface area contributed by atoms with E-state index >= 15 is 0 Å². The normalized spacial score (nSPS) is 11.5. The van der Waals surface area contributed by atoms with Gasteiger partial charge in [-0.3, -0.25) is 9.10 Å². The Bertz CT molecular complexity index is 1180. The molecule has 10 heteroatoms. The Balaban J connectivity index is 1.89. The molecule has 0 aliphatic heterocycles. The van der Waals surface area contributed by atoms with Crippen molar-refractivity contribution in [3.8, 4) is 5.75 Å². The van der Waals surface area contributed by atoms with Gasteiger partial charge in [-0.2, -0.15) is 5.10 Å². The van der Waals surface area contributed by atoms with Crippen molar-refractivity contribution in [3.05, 3.63) is 74.9 Å². The predicted octanol–water partition coefficient (Wildman–Crippen LogP) is 4.17. The number of halogens is 1. The SMILES string of the molecule is COc1ccc(S(=O)(=O)N(CC(=O)N/N=C\c2cccs2)c2ccc(C)cc2)cc1Br. The van der Waals surface area contributed by atoms with Gasteiger partial charge in [0.05, 0.1) is 28.4 Å². The summed E-state index contributed by atoms with van der Waals surface area (Å²) in [6.45, 7) is 1.46. The van der Waals surface area contributed by atoms with Gasteiger partial charge in [-0.15, -0.1) is 11.3 Å². The first-order valence-electron chi connectivity index (χ1n) is 9.09. The minimum Gasteiger partial charge on any atom is -0.496 e. The predicted molar refractivity (Wildman–Crippen MR) is 126 cm³/mol. The molecule has 0 aliphatic carbocycles. The molecule has 162 valence electrons. The number of aryl methyl sites for hydroxylation is 1. The summed E-state index contributed by atoms with van der Waals surface area (Å²) in [5.41, 5.74) is 3.73. The number of hydrogen-bond donors (Lipinski definition) is 1. The zero-order valence-electron chi connectivity index (χ0n) is 16.8. The molecule has 0 spiro atoms.